The van der Waals surface area contributed by atoms with Crippen molar-refractivity contribution in [1.29, 1.82) is 0 Å². The number of phenolic OH excluding ortho intramolecular Hbond substituents is 1. The van der Waals surface area contributed by atoms with Crippen LogP contribution in [-0.4, -0.2) is 62.7 Å². The lowest BCUT2D eigenvalue weighted by atomic mass is 10.2. The van der Waals surface area contributed by atoms with Crippen molar-refractivity contribution in [3.63, 3.8) is 0 Å². The van der Waals surface area contributed by atoms with Crippen molar-refractivity contribution < 1.29 is 27.4 Å². The molecule has 0 aliphatic rings. The predicted octanol–water partition coefficient (Wildman–Crippen LogP) is 1.78. The Morgan fingerprint density at radius 1 is 1.11 bits per heavy atom. The number of hydrogen-bond acceptors (Lipinski definition) is 10. The van der Waals surface area contributed by atoms with Crippen molar-refractivity contribution in [2.24, 2.45) is 0 Å². The molecule has 3 heterocycles. The number of halogens is 1. The topological polar surface area (TPSA) is 174 Å². The van der Waals surface area contributed by atoms with Crippen molar-refractivity contribution >= 4 is 16.0 Å². The Labute approximate surface area is 210 Å². The Morgan fingerprint density at radius 2 is 1.81 bits per heavy atom. The van der Waals surface area contributed by atoms with E-state index in [1.807, 2.05) is 0 Å². The Balaban J connectivity index is 1.83. The molecule has 0 radical (unpaired) electrons. The van der Waals surface area contributed by atoms with Crippen LogP contribution >= 0.6 is 0 Å². The second kappa shape index (κ2) is 10.3. The molecule has 0 amide bonds. The zero-order valence-corrected chi connectivity index (χ0v) is 20.6. The van der Waals surface area contributed by atoms with Gasteiger partial charge in [-0.25, -0.2) is 22.8 Å². The number of H-pyrrole nitrogens is 1. The van der Waals surface area contributed by atoms with Crippen LogP contribution in [0.25, 0.3) is 17.2 Å². The highest BCUT2D eigenvalue weighted by Gasteiger charge is 2.35. The van der Waals surface area contributed by atoms with E-state index in [2.05, 4.69) is 29.9 Å². The SMILES string of the molecule is COc1cccc(O)c1-n1c(NS(=O)(=O)[C@@H](C)[C@@H](OC)c2ncc(F)cn2)nnc1-c1cccc(=O)[nH]1. The molecule has 2 atom stereocenters. The van der Waals surface area contributed by atoms with E-state index >= 15 is 0 Å². The summed E-state index contributed by atoms with van der Waals surface area (Å²) in [6.07, 6.45) is 0.628. The number of para-hydroxylation sites is 1. The molecule has 0 saturated carbocycles. The largest absolute Gasteiger partial charge is 0.506 e. The number of rotatable bonds is 9. The molecule has 1 aromatic carbocycles. The van der Waals surface area contributed by atoms with Crippen LogP contribution in [0, 0.1) is 5.82 Å². The zero-order chi connectivity index (χ0) is 26.7. The van der Waals surface area contributed by atoms with E-state index in [9.17, 15) is 22.7 Å². The fraction of sp³-hybridized carbons (Fsp3) is 0.227. The smallest absolute Gasteiger partial charge is 0.248 e. The number of aromatic nitrogens is 6. The first-order valence-corrected chi connectivity index (χ1v) is 12.2. The van der Waals surface area contributed by atoms with Gasteiger partial charge in [0.05, 0.1) is 25.2 Å². The fourth-order valence-corrected chi connectivity index (χ4v) is 4.70. The zero-order valence-electron chi connectivity index (χ0n) is 19.8. The van der Waals surface area contributed by atoms with Gasteiger partial charge in [-0.3, -0.25) is 14.1 Å². The lowest BCUT2D eigenvalue weighted by Crippen LogP contribution is -2.33. The third-order valence-corrected chi connectivity index (χ3v) is 7.08. The first-order valence-electron chi connectivity index (χ1n) is 10.7. The quantitative estimate of drug-likeness (QED) is 0.289. The number of aromatic amines is 1. The molecule has 0 unspecified atom stereocenters. The maximum atomic E-state index is 13.4. The number of sulfonamides is 1. The first kappa shape index (κ1) is 25.7. The average Bonchev–Trinajstić information content (AvgIpc) is 3.27. The van der Waals surface area contributed by atoms with Gasteiger partial charge >= 0.3 is 0 Å². The number of methoxy groups -OCH3 is 2. The monoisotopic (exact) mass is 531 g/mol. The standard InChI is InChI=1S/C22H22FN7O6S/c1-12(19(36-3)20-24-10-13(23)11-25-20)37(33,34)29-22-28-27-21(14-6-4-9-17(32)26-14)30(22)18-15(31)7-5-8-16(18)35-2/h4-12,19,31H,1-3H3,(H,26,32)(H,28,29)/t12-,19+/m0/s1. The normalized spacial score (nSPS) is 13.2. The number of benzene rings is 1. The lowest BCUT2D eigenvalue weighted by Gasteiger charge is -2.22. The minimum atomic E-state index is -4.29. The Bertz CT molecular complexity index is 1570. The summed E-state index contributed by atoms with van der Waals surface area (Å²) in [6, 6.07) is 8.74. The van der Waals surface area contributed by atoms with Crippen molar-refractivity contribution in [3.8, 4) is 28.7 Å². The van der Waals surface area contributed by atoms with Gasteiger partial charge in [0.25, 0.3) is 0 Å². The molecule has 0 spiro atoms. The van der Waals surface area contributed by atoms with E-state index in [0.717, 1.165) is 12.4 Å². The van der Waals surface area contributed by atoms with E-state index in [4.69, 9.17) is 9.47 Å². The molecule has 13 nitrogen and oxygen atoms in total. The van der Waals surface area contributed by atoms with Crippen molar-refractivity contribution in [2.45, 2.75) is 18.3 Å². The lowest BCUT2D eigenvalue weighted by molar-refractivity contribution is 0.0948. The second-order valence-corrected chi connectivity index (χ2v) is 9.75. The molecule has 0 aliphatic heterocycles. The Morgan fingerprint density at radius 3 is 2.46 bits per heavy atom. The van der Waals surface area contributed by atoms with Gasteiger partial charge in [-0.1, -0.05) is 12.1 Å². The molecule has 37 heavy (non-hydrogen) atoms. The summed E-state index contributed by atoms with van der Waals surface area (Å²) in [4.78, 5) is 22.2. The molecule has 0 fully saturated rings. The predicted molar refractivity (Wildman–Crippen MR) is 129 cm³/mol. The number of phenols is 1. The van der Waals surface area contributed by atoms with Crippen molar-refractivity contribution in [3.05, 3.63) is 70.8 Å². The Kier molecular flexibility index (Phi) is 7.17. The summed E-state index contributed by atoms with van der Waals surface area (Å²) in [5.74, 6) is -1.16. The highest BCUT2D eigenvalue weighted by atomic mass is 32.2. The van der Waals surface area contributed by atoms with E-state index in [-0.39, 0.29) is 40.5 Å². The number of nitrogens with one attached hydrogen (secondary N) is 2. The van der Waals surface area contributed by atoms with E-state index in [0.29, 0.717) is 0 Å². The van der Waals surface area contributed by atoms with Crippen LogP contribution < -0.4 is 15.0 Å². The molecular formula is C22H22FN7O6S. The molecule has 0 bridgehead atoms. The van der Waals surface area contributed by atoms with Gasteiger partial charge in [0, 0.05) is 13.2 Å². The third kappa shape index (κ3) is 5.12. The molecule has 3 N–H and O–H groups in total. The maximum absolute atomic E-state index is 13.4. The van der Waals surface area contributed by atoms with Gasteiger partial charge in [0.2, 0.25) is 21.5 Å². The number of pyridine rings is 1. The number of anilines is 1. The van der Waals surface area contributed by atoms with Gasteiger partial charge in [-0.2, -0.15) is 0 Å². The maximum Gasteiger partial charge on any atom is 0.248 e. The molecule has 3 aromatic heterocycles. The van der Waals surface area contributed by atoms with Crippen LogP contribution in [0.5, 0.6) is 11.5 Å². The van der Waals surface area contributed by atoms with Crippen LogP contribution in [0.15, 0.2) is 53.6 Å². The van der Waals surface area contributed by atoms with E-state index in [1.165, 1.54) is 56.0 Å². The minimum Gasteiger partial charge on any atom is -0.506 e. The van der Waals surface area contributed by atoms with E-state index in [1.54, 1.807) is 6.07 Å². The molecular weight excluding hydrogens is 509 g/mol. The van der Waals surface area contributed by atoms with Crippen molar-refractivity contribution in [1.82, 2.24) is 29.7 Å². The fourth-order valence-electron chi connectivity index (χ4n) is 3.57. The summed E-state index contributed by atoms with van der Waals surface area (Å²) in [7, 11) is -1.66. The van der Waals surface area contributed by atoms with Gasteiger partial charge in [0.1, 0.15) is 28.5 Å². The molecule has 15 heteroatoms. The van der Waals surface area contributed by atoms with Crippen LogP contribution in [0.1, 0.15) is 18.9 Å². The highest BCUT2D eigenvalue weighted by Crippen LogP contribution is 2.37. The van der Waals surface area contributed by atoms with Crippen LogP contribution in [0.3, 0.4) is 0 Å². The summed E-state index contributed by atoms with van der Waals surface area (Å²) in [5.41, 5.74) is -0.224. The van der Waals surface area contributed by atoms with Crippen molar-refractivity contribution in [2.75, 3.05) is 18.9 Å². The number of hydrogen-bond donors (Lipinski definition) is 3. The van der Waals surface area contributed by atoms with Crippen LogP contribution in [-0.2, 0) is 14.8 Å². The molecule has 194 valence electrons. The number of ether oxygens (including phenoxy) is 2. The number of aromatic hydroxyl groups is 1. The Hall–Kier alpha value is -4.37. The van der Waals surface area contributed by atoms with Gasteiger partial charge in [-0.05, 0) is 25.1 Å². The summed E-state index contributed by atoms with van der Waals surface area (Å²) in [5, 5.41) is 17.4. The molecule has 0 aliphatic carbocycles. The first-order chi connectivity index (χ1) is 17.7. The summed E-state index contributed by atoms with van der Waals surface area (Å²) in [6.45, 7) is 1.35. The molecule has 0 saturated heterocycles. The van der Waals surface area contributed by atoms with Crippen LogP contribution in [0.4, 0.5) is 10.3 Å². The second-order valence-electron chi connectivity index (χ2n) is 7.71. The third-order valence-electron chi connectivity index (χ3n) is 5.39. The van der Waals surface area contributed by atoms with Crippen LogP contribution in [0.2, 0.25) is 0 Å². The summed E-state index contributed by atoms with van der Waals surface area (Å²) >= 11 is 0. The average molecular weight is 532 g/mol. The molecule has 4 aromatic rings. The van der Waals surface area contributed by atoms with Gasteiger partial charge in [0.15, 0.2) is 17.5 Å². The van der Waals surface area contributed by atoms with Gasteiger partial charge in [-0.15, -0.1) is 10.2 Å². The summed E-state index contributed by atoms with van der Waals surface area (Å²) < 4.78 is 54.3. The van der Waals surface area contributed by atoms with Gasteiger partial charge < -0.3 is 19.6 Å². The molecule has 4 rings (SSSR count). The highest BCUT2D eigenvalue weighted by molar-refractivity contribution is 7.93. The van der Waals surface area contributed by atoms with E-state index < -0.39 is 32.8 Å². The minimum absolute atomic E-state index is 0.00742. The number of nitrogens with zero attached hydrogens (tertiary/aromatic N) is 5.